The van der Waals surface area contributed by atoms with Gasteiger partial charge in [0.2, 0.25) is 5.88 Å². The minimum atomic E-state index is -1.56. The number of hydrogen-bond donors (Lipinski definition) is 2. The Labute approximate surface area is 207 Å². The molecule has 3 N–H and O–H groups in total. The second-order valence-corrected chi connectivity index (χ2v) is 10.2. The molecule has 1 aliphatic rings. The number of nitrogens with zero attached hydrogens (tertiary/aromatic N) is 3. The number of carbonyl (C=O) groups is 1. The zero-order valence-electron chi connectivity index (χ0n) is 19.7. The standard InChI is InChI=1S/C24H27F2N5O3S/c1-5-8-33-20-11-28-19(10-29-20)21(32)30-16-6-7-18(26)17(9-16)24(13-25)12-23(4,14-34-15(2)3)35-22(27)31-24/h1,6-7,9-11,15H,8,12-14H2,2-4H3,(H2,27,31)(H,30,32)/t23-,24-/m1/s1. The predicted molar refractivity (Wildman–Crippen MR) is 132 cm³/mol. The lowest BCUT2D eigenvalue weighted by molar-refractivity contribution is 0.0552. The first-order valence-corrected chi connectivity index (χ1v) is 11.6. The average Bonchev–Trinajstić information content (AvgIpc) is 2.82. The molecule has 11 heteroatoms. The quantitative estimate of drug-likeness (QED) is 0.502. The van der Waals surface area contributed by atoms with Crippen LogP contribution in [-0.2, 0) is 10.3 Å². The number of hydrogen-bond acceptors (Lipinski definition) is 8. The first-order valence-electron chi connectivity index (χ1n) is 10.8. The molecule has 8 nitrogen and oxygen atoms in total. The van der Waals surface area contributed by atoms with Crippen LogP contribution >= 0.6 is 11.8 Å². The molecule has 0 unspecified atom stereocenters. The van der Waals surface area contributed by atoms with E-state index in [4.69, 9.17) is 21.6 Å². The number of carbonyl (C=O) groups excluding carboxylic acids is 1. The van der Waals surface area contributed by atoms with Gasteiger partial charge in [-0.1, -0.05) is 17.7 Å². The highest BCUT2D eigenvalue weighted by Gasteiger charge is 2.47. The number of amidine groups is 1. The number of thioether (sulfide) groups is 1. The third-order valence-electron chi connectivity index (χ3n) is 5.17. The van der Waals surface area contributed by atoms with Gasteiger partial charge < -0.3 is 20.5 Å². The molecule has 0 radical (unpaired) electrons. The third kappa shape index (κ3) is 6.46. The second-order valence-electron chi connectivity index (χ2n) is 8.59. The molecule has 2 atom stereocenters. The Balaban J connectivity index is 1.86. The van der Waals surface area contributed by atoms with Gasteiger partial charge in [-0.05, 0) is 45.4 Å². The molecule has 2 aromatic rings. The summed E-state index contributed by atoms with van der Waals surface area (Å²) in [6.45, 7) is 4.99. The Morgan fingerprint density at radius 3 is 2.77 bits per heavy atom. The molecular weight excluding hydrogens is 476 g/mol. The number of aromatic nitrogens is 2. The first-order chi connectivity index (χ1) is 16.6. The average molecular weight is 504 g/mol. The molecule has 0 fully saturated rings. The van der Waals surface area contributed by atoms with Crippen molar-refractivity contribution in [3.63, 3.8) is 0 Å². The first kappa shape index (κ1) is 26.4. The van der Waals surface area contributed by atoms with Crippen molar-refractivity contribution in [2.24, 2.45) is 10.7 Å². The highest BCUT2D eigenvalue weighted by molar-refractivity contribution is 8.15. The molecule has 1 aromatic heterocycles. The van der Waals surface area contributed by atoms with E-state index >= 15 is 4.39 Å². The summed E-state index contributed by atoms with van der Waals surface area (Å²) in [6.07, 6.45) is 7.72. The highest BCUT2D eigenvalue weighted by Crippen LogP contribution is 2.47. The van der Waals surface area contributed by atoms with Gasteiger partial charge in [-0.25, -0.2) is 23.7 Å². The van der Waals surface area contributed by atoms with Crippen molar-refractivity contribution >= 4 is 28.5 Å². The van der Waals surface area contributed by atoms with Crippen LogP contribution in [0.2, 0.25) is 0 Å². The number of rotatable bonds is 9. The number of aliphatic imine (C=N–C) groups is 1. The number of terminal acetylenes is 1. The number of nitrogens with one attached hydrogen (secondary N) is 1. The molecule has 0 saturated heterocycles. The van der Waals surface area contributed by atoms with Crippen LogP contribution in [0.1, 0.15) is 43.2 Å². The van der Waals surface area contributed by atoms with Gasteiger partial charge in [0.25, 0.3) is 5.91 Å². The Hall–Kier alpha value is -3.23. The second kappa shape index (κ2) is 11.0. The van der Waals surface area contributed by atoms with Gasteiger partial charge in [0, 0.05) is 16.0 Å². The van der Waals surface area contributed by atoms with E-state index in [9.17, 15) is 9.18 Å². The van der Waals surface area contributed by atoms with Crippen LogP contribution in [-0.4, -0.2) is 51.8 Å². The summed E-state index contributed by atoms with van der Waals surface area (Å²) >= 11 is 1.27. The zero-order valence-corrected chi connectivity index (χ0v) is 20.5. The Kier molecular flexibility index (Phi) is 8.30. The summed E-state index contributed by atoms with van der Waals surface area (Å²) in [5.41, 5.74) is 4.71. The van der Waals surface area contributed by atoms with Crippen molar-refractivity contribution in [1.82, 2.24) is 9.97 Å². The van der Waals surface area contributed by atoms with Crippen molar-refractivity contribution in [1.29, 1.82) is 0 Å². The number of anilines is 1. The summed E-state index contributed by atoms with van der Waals surface area (Å²) < 4.78 is 39.9. The molecule has 0 bridgehead atoms. The topological polar surface area (TPSA) is 112 Å². The summed E-state index contributed by atoms with van der Waals surface area (Å²) in [5.74, 6) is 1.22. The van der Waals surface area contributed by atoms with E-state index in [0.29, 0.717) is 0 Å². The summed E-state index contributed by atoms with van der Waals surface area (Å²) in [5, 5.41) is 2.77. The molecule has 2 heterocycles. The molecule has 186 valence electrons. The van der Waals surface area contributed by atoms with Crippen LogP contribution in [0.3, 0.4) is 0 Å². The molecular formula is C24H27F2N5O3S. The van der Waals surface area contributed by atoms with Gasteiger partial charge >= 0.3 is 0 Å². The summed E-state index contributed by atoms with van der Waals surface area (Å²) in [6, 6.07) is 3.88. The van der Waals surface area contributed by atoms with E-state index < -0.39 is 28.7 Å². The van der Waals surface area contributed by atoms with E-state index in [1.54, 1.807) is 0 Å². The van der Waals surface area contributed by atoms with Crippen molar-refractivity contribution in [2.75, 3.05) is 25.2 Å². The van der Waals surface area contributed by atoms with Gasteiger partial charge in [-0.15, -0.1) is 6.42 Å². The number of nitrogens with two attached hydrogens (primary N) is 1. The number of halogens is 2. The number of alkyl halides is 1. The van der Waals surface area contributed by atoms with Crippen molar-refractivity contribution < 1.29 is 23.0 Å². The lowest BCUT2D eigenvalue weighted by atomic mass is 9.82. The maximum Gasteiger partial charge on any atom is 0.275 e. The third-order valence-corrected chi connectivity index (χ3v) is 6.23. The van der Waals surface area contributed by atoms with Gasteiger partial charge in [0.1, 0.15) is 23.7 Å². The minimum absolute atomic E-state index is 0.00104. The molecule has 1 amide bonds. The molecule has 1 aromatic carbocycles. The van der Waals surface area contributed by atoms with Gasteiger partial charge in [0.15, 0.2) is 11.8 Å². The van der Waals surface area contributed by atoms with Crippen LogP contribution in [0.4, 0.5) is 14.5 Å². The van der Waals surface area contributed by atoms with Gasteiger partial charge in [0.05, 0.1) is 25.1 Å². The fraction of sp³-hybridized carbons (Fsp3) is 0.417. The fourth-order valence-corrected chi connectivity index (χ4v) is 4.85. The van der Waals surface area contributed by atoms with E-state index in [2.05, 4.69) is 26.2 Å². The Bertz CT molecular complexity index is 1140. The maximum absolute atomic E-state index is 15.0. The molecule has 35 heavy (non-hydrogen) atoms. The molecule has 0 aliphatic carbocycles. The largest absolute Gasteiger partial charge is 0.463 e. The smallest absolute Gasteiger partial charge is 0.275 e. The van der Waals surface area contributed by atoms with Gasteiger partial charge in [-0.2, -0.15) is 0 Å². The van der Waals surface area contributed by atoms with Crippen LogP contribution < -0.4 is 15.8 Å². The normalized spacial score (nSPS) is 21.8. The summed E-state index contributed by atoms with van der Waals surface area (Å²) in [7, 11) is 0. The van der Waals surface area contributed by atoms with Crippen molar-refractivity contribution in [3.05, 3.63) is 47.7 Å². The van der Waals surface area contributed by atoms with E-state index in [1.165, 1.54) is 36.3 Å². The number of ether oxygens (including phenoxy) is 2. The molecule has 3 rings (SSSR count). The Morgan fingerprint density at radius 2 is 2.14 bits per heavy atom. The minimum Gasteiger partial charge on any atom is -0.463 e. The predicted octanol–water partition coefficient (Wildman–Crippen LogP) is 3.68. The highest BCUT2D eigenvalue weighted by atomic mass is 32.2. The van der Waals surface area contributed by atoms with Crippen molar-refractivity contribution in [3.8, 4) is 18.2 Å². The van der Waals surface area contributed by atoms with E-state index in [0.717, 1.165) is 6.07 Å². The molecule has 0 saturated carbocycles. The van der Waals surface area contributed by atoms with Gasteiger partial charge in [-0.3, -0.25) is 4.79 Å². The van der Waals surface area contributed by atoms with E-state index in [1.807, 2.05) is 20.8 Å². The summed E-state index contributed by atoms with van der Waals surface area (Å²) in [4.78, 5) is 24.9. The lowest BCUT2D eigenvalue weighted by Crippen LogP contribution is -2.46. The molecule has 1 aliphatic heterocycles. The van der Waals surface area contributed by atoms with Crippen LogP contribution in [0, 0.1) is 18.2 Å². The fourth-order valence-electron chi connectivity index (χ4n) is 3.69. The van der Waals surface area contributed by atoms with E-state index in [-0.39, 0.29) is 53.7 Å². The SMILES string of the molecule is C#CCOc1cnc(C(=O)Nc2ccc(F)c([C@]3(CF)C[C@](C)(COC(C)C)SC(N)=N3)c2)cn1. The lowest BCUT2D eigenvalue weighted by Gasteiger charge is -2.42. The monoisotopic (exact) mass is 503 g/mol. The van der Waals surface area contributed by atoms with Crippen molar-refractivity contribution in [2.45, 2.75) is 43.6 Å². The van der Waals surface area contributed by atoms with Crippen LogP contribution in [0.15, 0.2) is 35.6 Å². The van der Waals surface area contributed by atoms with Crippen LogP contribution in [0.25, 0.3) is 0 Å². The zero-order chi connectivity index (χ0) is 25.6. The number of benzene rings is 1. The van der Waals surface area contributed by atoms with Crippen LogP contribution in [0.5, 0.6) is 5.88 Å². The Morgan fingerprint density at radius 1 is 1.37 bits per heavy atom. The number of amides is 1. The maximum atomic E-state index is 15.0. The molecule has 0 spiro atoms.